The lowest BCUT2D eigenvalue weighted by atomic mass is 10.2. The van der Waals surface area contributed by atoms with E-state index >= 15 is 0 Å². The average molecular weight is 310 g/mol. The van der Waals surface area contributed by atoms with Crippen molar-refractivity contribution in [3.8, 4) is 0 Å². The second-order valence-corrected chi connectivity index (χ2v) is 6.11. The third-order valence-corrected chi connectivity index (χ3v) is 4.49. The molecule has 1 aliphatic rings. The molecule has 0 bridgehead atoms. The molecule has 1 N–H and O–H groups in total. The largest absolute Gasteiger partial charge is 0.322 e. The van der Waals surface area contributed by atoms with Gasteiger partial charge >= 0.3 is 6.03 Å². The first-order valence-corrected chi connectivity index (χ1v) is 7.95. The zero-order valence-corrected chi connectivity index (χ0v) is 13.8. The number of hydrogen-bond donors (Lipinski definition) is 1. The molecule has 21 heavy (non-hydrogen) atoms. The Balaban J connectivity index is 1.92. The van der Waals surface area contributed by atoms with Crippen LogP contribution in [0.1, 0.15) is 25.8 Å². The predicted molar refractivity (Wildman–Crippen MR) is 88.1 cm³/mol. The van der Waals surface area contributed by atoms with Gasteiger partial charge in [0.05, 0.1) is 0 Å². The molecule has 0 aliphatic carbocycles. The van der Waals surface area contributed by atoms with Crippen molar-refractivity contribution in [3.05, 3.63) is 28.8 Å². The molecule has 2 rings (SSSR count). The van der Waals surface area contributed by atoms with Gasteiger partial charge in [-0.25, -0.2) is 4.79 Å². The van der Waals surface area contributed by atoms with Crippen LogP contribution in [0.4, 0.5) is 10.5 Å². The Kier molecular flexibility index (Phi) is 5.48. The molecule has 0 aromatic heterocycles. The van der Waals surface area contributed by atoms with Crippen LogP contribution in [0.25, 0.3) is 0 Å². The van der Waals surface area contributed by atoms with Gasteiger partial charge in [0.25, 0.3) is 0 Å². The van der Waals surface area contributed by atoms with Crippen LogP contribution < -0.4 is 5.32 Å². The van der Waals surface area contributed by atoms with Crippen LogP contribution in [-0.4, -0.2) is 48.1 Å². The van der Waals surface area contributed by atoms with E-state index in [4.69, 9.17) is 11.6 Å². The first-order chi connectivity index (χ1) is 10.0. The molecule has 0 radical (unpaired) electrons. The molecule has 1 saturated heterocycles. The van der Waals surface area contributed by atoms with Crippen molar-refractivity contribution in [2.24, 2.45) is 0 Å². The lowest BCUT2D eigenvalue weighted by Gasteiger charge is -2.37. The van der Waals surface area contributed by atoms with Gasteiger partial charge in [0.2, 0.25) is 0 Å². The SMILES string of the molecule is CCC(C)N1CCN(C(=O)Nc2cc(Cl)ccc2C)CC1. The summed E-state index contributed by atoms with van der Waals surface area (Å²) in [5.41, 5.74) is 1.81. The topological polar surface area (TPSA) is 35.6 Å². The monoisotopic (exact) mass is 309 g/mol. The number of amides is 2. The van der Waals surface area contributed by atoms with E-state index in [9.17, 15) is 4.79 Å². The molecule has 116 valence electrons. The van der Waals surface area contributed by atoms with Gasteiger partial charge in [-0.3, -0.25) is 4.90 Å². The third kappa shape index (κ3) is 4.11. The average Bonchev–Trinajstić information content (AvgIpc) is 2.50. The van der Waals surface area contributed by atoms with Crippen molar-refractivity contribution in [2.45, 2.75) is 33.2 Å². The molecular formula is C16H24ClN3O. The van der Waals surface area contributed by atoms with Crippen molar-refractivity contribution < 1.29 is 4.79 Å². The van der Waals surface area contributed by atoms with Crippen LogP contribution in [0.15, 0.2) is 18.2 Å². The Morgan fingerprint density at radius 1 is 1.33 bits per heavy atom. The summed E-state index contributed by atoms with van der Waals surface area (Å²) in [7, 11) is 0. The summed E-state index contributed by atoms with van der Waals surface area (Å²) < 4.78 is 0. The van der Waals surface area contributed by atoms with E-state index in [2.05, 4.69) is 24.1 Å². The summed E-state index contributed by atoms with van der Waals surface area (Å²) in [6.45, 7) is 9.84. The highest BCUT2D eigenvalue weighted by Crippen LogP contribution is 2.21. The number of rotatable bonds is 3. The highest BCUT2D eigenvalue weighted by molar-refractivity contribution is 6.31. The Morgan fingerprint density at radius 3 is 2.62 bits per heavy atom. The Hall–Kier alpha value is -1.26. The number of aryl methyl sites for hydroxylation is 1. The maximum atomic E-state index is 12.3. The van der Waals surface area contributed by atoms with Crippen molar-refractivity contribution >= 4 is 23.3 Å². The molecule has 1 unspecified atom stereocenters. The maximum Gasteiger partial charge on any atom is 0.321 e. The van der Waals surface area contributed by atoms with Crippen molar-refractivity contribution in [2.75, 3.05) is 31.5 Å². The van der Waals surface area contributed by atoms with Crippen LogP contribution in [-0.2, 0) is 0 Å². The zero-order valence-electron chi connectivity index (χ0n) is 13.0. The van der Waals surface area contributed by atoms with Gasteiger partial charge in [-0.1, -0.05) is 24.6 Å². The number of carbonyl (C=O) groups excluding carboxylic acids is 1. The van der Waals surface area contributed by atoms with Crippen LogP contribution in [0, 0.1) is 6.92 Å². The summed E-state index contributed by atoms with van der Waals surface area (Å²) in [4.78, 5) is 16.6. The van der Waals surface area contributed by atoms with Crippen LogP contribution in [0.2, 0.25) is 5.02 Å². The molecule has 4 nitrogen and oxygen atoms in total. The van der Waals surface area contributed by atoms with E-state index in [1.54, 1.807) is 6.07 Å². The van der Waals surface area contributed by atoms with E-state index < -0.39 is 0 Å². The van der Waals surface area contributed by atoms with Crippen LogP contribution >= 0.6 is 11.6 Å². The molecule has 2 amide bonds. The van der Waals surface area contributed by atoms with Crippen molar-refractivity contribution in [3.63, 3.8) is 0 Å². The number of anilines is 1. The van der Waals surface area contributed by atoms with E-state index in [-0.39, 0.29) is 6.03 Å². The Labute approximate surface area is 132 Å². The Morgan fingerprint density at radius 2 is 2.00 bits per heavy atom. The number of benzene rings is 1. The standard InChI is InChI=1S/C16H24ClN3O/c1-4-13(3)19-7-9-20(10-8-19)16(21)18-15-11-14(17)6-5-12(15)2/h5-6,11,13H,4,7-10H2,1-3H3,(H,18,21). The summed E-state index contributed by atoms with van der Waals surface area (Å²) in [5, 5.41) is 3.60. The van der Waals surface area contributed by atoms with Crippen molar-refractivity contribution in [1.29, 1.82) is 0 Å². The number of carbonyl (C=O) groups is 1. The fourth-order valence-corrected chi connectivity index (χ4v) is 2.72. The molecule has 1 atom stereocenters. The number of piperazine rings is 1. The lowest BCUT2D eigenvalue weighted by molar-refractivity contribution is 0.117. The summed E-state index contributed by atoms with van der Waals surface area (Å²) in [6.07, 6.45) is 1.15. The molecule has 1 aromatic carbocycles. The first-order valence-electron chi connectivity index (χ1n) is 7.57. The maximum absolute atomic E-state index is 12.3. The zero-order chi connectivity index (χ0) is 15.4. The van der Waals surface area contributed by atoms with E-state index in [0.717, 1.165) is 43.9 Å². The number of hydrogen-bond acceptors (Lipinski definition) is 2. The highest BCUT2D eigenvalue weighted by Gasteiger charge is 2.23. The quantitative estimate of drug-likeness (QED) is 0.926. The normalized spacial score (nSPS) is 17.6. The highest BCUT2D eigenvalue weighted by atomic mass is 35.5. The molecule has 1 fully saturated rings. The number of halogens is 1. The minimum atomic E-state index is -0.0378. The molecule has 1 aliphatic heterocycles. The van der Waals surface area contributed by atoms with Gasteiger partial charge < -0.3 is 10.2 Å². The summed E-state index contributed by atoms with van der Waals surface area (Å²) >= 11 is 5.98. The number of urea groups is 1. The van der Waals surface area contributed by atoms with Gasteiger partial charge in [-0.2, -0.15) is 0 Å². The molecular weight excluding hydrogens is 286 g/mol. The molecule has 1 aromatic rings. The summed E-state index contributed by atoms with van der Waals surface area (Å²) in [6, 6.07) is 6.09. The molecule has 1 heterocycles. The molecule has 0 saturated carbocycles. The van der Waals surface area contributed by atoms with E-state index in [0.29, 0.717) is 11.1 Å². The minimum Gasteiger partial charge on any atom is -0.322 e. The molecule has 5 heteroatoms. The second kappa shape index (κ2) is 7.14. The van der Waals surface area contributed by atoms with Crippen molar-refractivity contribution in [1.82, 2.24) is 9.80 Å². The van der Waals surface area contributed by atoms with Gasteiger partial charge in [0, 0.05) is 42.9 Å². The fourth-order valence-electron chi connectivity index (χ4n) is 2.55. The number of nitrogens with zero attached hydrogens (tertiary/aromatic N) is 2. The first kappa shape index (κ1) is 16.1. The van der Waals surface area contributed by atoms with E-state index in [1.807, 2.05) is 24.0 Å². The van der Waals surface area contributed by atoms with Gasteiger partial charge in [0.1, 0.15) is 0 Å². The summed E-state index contributed by atoms with van der Waals surface area (Å²) in [5.74, 6) is 0. The van der Waals surface area contributed by atoms with Gasteiger partial charge in [0.15, 0.2) is 0 Å². The number of nitrogens with one attached hydrogen (secondary N) is 1. The Bertz CT molecular complexity index is 498. The fraction of sp³-hybridized carbons (Fsp3) is 0.562. The molecule has 0 spiro atoms. The predicted octanol–water partition coefficient (Wildman–Crippen LogP) is 3.60. The lowest BCUT2D eigenvalue weighted by Crippen LogP contribution is -2.52. The smallest absolute Gasteiger partial charge is 0.321 e. The van der Waals surface area contributed by atoms with Gasteiger partial charge in [-0.15, -0.1) is 0 Å². The second-order valence-electron chi connectivity index (χ2n) is 5.67. The minimum absolute atomic E-state index is 0.0378. The van der Waals surface area contributed by atoms with Crippen LogP contribution in [0.3, 0.4) is 0 Å². The third-order valence-electron chi connectivity index (χ3n) is 4.26. The van der Waals surface area contributed by atoms with E-state index in [1.165, 1.54) is 0 Å². The van der Waals surface area contributed by atoms with Crippen LogP contribution in [0.5, 0.6) is 0 Å². The van der Waals surface area contributed by atoms with Gasteiger partial charge in [-0.05, 0) is 38.0 Å².